The lowest BCUT2D eigenvalue weighted by Crippen LogP contribution is -2.35. The average molecular weight is 232 g/mol. The standard InChI is InChI=1S/C11H20O5/c1-6-8(12)10(13-4)15-9(6)7-5-14-11(2,3)16-7/h6-10,12H,5H2,1-4H3/t6-,7+,8+,9-,10-/m0/s1. The molecule has 2 fully saturated rings. The summed E-state index contributed by atoms with van der Waals surface area (Å²) in [6, 6.07) is 0. The van der Waals surface area contributed by atoms with Crippen molar-refractivity contribution in [2.75, 3.05) is 13.7 Å². The van der Waals surface area contributed by atoms with Crippen molar-refractivity contribution in [2.24, 2.45) is 5.92 Å². The summed E-state index contributed by atoms with van der Waals surface area (Å²) >= 11 is 0. The van der Waals surface area contributed by atoms with E-state index in [2.05, 4.69) is 0 Å². The Morgan fingerprint density at radius 2 is 2.06 bits per heavy atom. The molecule has 0 bridgehead atoms. The number of aliphatic hydroxyl groups excluding tert-OH is 1. The highest BCUT2D eigenvalue weighted by atomic mass is 16.8. The molecule has 5 nitrogen and oxygen atoms in total. The zero-order valence-electron chi connectivity index (χ0n) is 10.2. The van der Waals surface area contributed by atoms with Gasteiger partial charge in [0.15, 0.2) is 12.1 Å². The molecule has 0 aromatic carbocycles. The van der Waals surface area contributed by atoms with Crippen LogP contribution in [0.3, 0.4) is 0 Å². The van der Waals surface area contributed by atoms with Gasteiger partial charge in [0, 0.05) is 13.0 Å². The van der Waals surface area contributed by atoms with Gasteiger partial charge in [0.2, 0.25) is 0 Å². The SMILES string of the molecule is CO[C@H]1O[C@H]([C@H]2COC(C)(C)O2)[C@@H](C)[C@H]1O. The van der Waals surface area contributed by atoms with Gasteiger partial charge in [0.05, 0.1) is 12.7 Å². The van der Waals surface area contributed by atoms with Gasteiger partial charge in [-0.3, -0.25) is 0 Å². The van der Waals surface area contributed by atoms with Crippen molar-refractivity contribution in [3.63, 3.8) is 0 Å². The monoisotopic (exact) mass is 232 g/mol. The number of hydrogen-bond donors (Lipinski definition) is 1. The number of ether oxygens (including phenoxy) is 4. The fourth-order valence-electron chi connectivity index (χ4n) is 2.30. The Hall–Kier alpha value is -0.200. The number of methoxy groups -OCH3 is 1. The van der Waals surface area contributed by atoms with Crippen LogP contribution in [0.4, 0.5) is 0 Å². The molecule has 0 aliphatic carbocycles. The maximum Gasteiger partial charge on any atom is 0.183 e. The quantitative estimate of drug-likeness (QED) is 0.751. The second-order valence-corrected chi connectivity index (χ2v) is 4.92. The van der Waals surface area contributed by atoms with Crippen molar-refractivity contribution >= 4 is 0 Å². The summed E-state index contributed by atoms with van der Waals surface area (Å²) in [7, 11) is 1.53. The Morgan fingerprint density at radius 3 is 2.50 bits per heavy atom. The number of aliphatic hydroxyl groups is 1. The minimum Gasteiger partial charge on any atom is -0.387 e. The zero-order valence-corrected chi connectivity index (χ0v) is 10.2. The summed E-state index contributed by atoms with van der Waals surface area (Å²) in [5.74, 6) is -0.586. The van der Waals surface area contributed by atoms with Gasteiger partial charge in [-0.05, 0) is 13.8 Å². The van der Waals surface area contributed by atoms with E-state index in [-0.39, 0.29) is 18.1 Å². The van der Waals surface area contributed by atoms with Crippen molar-refractivity contribution in [3.8, 4) is 0 Å². The molecule has 0 aromatic heterocycles. The third-order valence-electron chi connectivity index (χ3n) is 3.26. The van der Waals surface area contributed by atoms with E-state index in [4.69, 9.17) is 18.9 Å². The topological polar surface area (TPSA) is 57.2 Å². The average Bonchev–Trinajstić information content (AvgIpc) is 2.70. The molecule has 94 valence electrons. The molecular weight excluding hydrogens is 212 g/mol. The maximum absolute atomic E-state index is 9.87. The van der Waals surface area contributed by atoms with E-state index in [1.54, 1.807) is 0 Å². The van der Waals surface area contributed by atoms with Crippen molar-refractivity contribution in [3.05, 3.63) is 0 Å². The van der Waals surface area contributed by atoms with Gasteiger partial charge < -0.3 is 24.1 Å². The number of hydrogen-bond acceptors (Lipinski definition) is 5. The summed E-state index contributed by atoms with van der Waals surface area (Å²) in [4.78, 5) is 0. The largest absolute Gasteiger partial charge is 0.387 e. The van der Waals surface area contributed by atoms with Gasteiger partial charge in [-0.2, -0.15) is 0 Å². The van der Waals surface area contributed by atoms with Crippen LogP contribution in [0.5, 0.6) is 0 Å². The maximum atomic E-state index is 9.87. The van der Waals surface area contributed by atoms with E-state index >= 15 is 0 Å². The van der Waals surface area contributed by atoms with E-state index in [9.17, 15) is 5.11 Å². The van der Waals surface area contributed by atoms with Crippen LogP contribution in [0.25, 0.3) is 0 Å². The Morgan fingerprint density at radius 1 is 1.38 bits per heavy atom. The molecule has 5 atom stereocenters. The Bertz CT molecular complexity index is 255. The van der Waals surface area contributed by atoms with E-state index < -0.39 is 18.2 Å². The molecule has 0 radical (unpaired) electrons. The highest BCUT2D eigenvalue weighted by Gasteiger charge is 2.49. The molecule has 0 unspecified atom stereocenters. The first-order valence-corrected chi connectivity index (χ1v) is 5.63. The van der Waals surface area contributed by atoms with Gasteiger partial charge >= 0.3 is 0 Å². The lowest BCUT2D eigenvalue weighted by molar-refractivity contribution is -0.184. The fourth-order valence-corrected chi connectivity index (χ4v) is 2.30. The predicted octanol–water partition coefficient (Wildman–Crippen LogP) is 0.506. The molecule has 2 aliphatic rings. The van der Waals surface area contributed by atoms with Crippen molar-refractivity contribution in [1.29, 1.82) is 0 Å². The molecule has 0 aromatic rings. The highest BCUT2D eigenvalue weighted by Crippen LogP contribution is 2.35. The van der Waals surface area contributed by atoms with Gasteiger partial charge in [-0.1, -0.05) is 6.92 Å². The van der Waals surface area contributed by atoms with Crippen molar-refractivity contribution < 1.29 is 24.1 Å². The van der Waals surface area contributed by atoms with Gasteiger partial charge in [-0.25, -0.2) is 0 Å². The third-order valence-corrected chi connectivity index (χ3v) is 3.26. The summed E-state index contributed by atoms with van der Waals surface area (Å²) in [6.45, 7) is 6.17. The molecule has 16 heavy (non-hydrogen) atoms. The van der Waals surface area contributed by atoms with Crippen LogP contribution in [-0.4, -0.2) is 49.2 Å². The van der Waals surface area contributed by atoms with E-state index in [1.165, 1.54) is 7.11 Å². The van der Waals surface area contributed by atoms with E-state index in [0.717, 1.165) is 0 Å². The second-order valence-electron chi connectivity index (χ2n) is 4.92. The van der Waals surface area contributed by atoms with Gasteiger partial charge in [0.1, 0.15) is 12.2 Å². The molecule has 2 saturated heterocycles. The van der Waals surface area contributed by atoms with Crippen LogP contribution in [-0.2, 0) is 18.9 Å². The van der Waals surface area contributed by atoms with E-state index in [1.807, 2.05) is 20.8 Å². The van der Waals surface area contributed by atoms with Crippen molar-refractivity contribution in [1.82, 2.24) is 0 Å². The molecule has 5 heteroatoms. The number of rotatable bonds is 2. The molecule has 0 saturated carbocycles. The van der Waals surface area contributed by atoms with E-state index in [0.29, 0.717) is 6.61 Å². The van der Waals surface area contributed by atoms with Gasteiger partial charge in [-0.15, -0.1) is 0 Å². The molecule has 1 N–H and O–H groups in total. The summed E-state index contributed by atoms with van der Waals surface area (Å²) in [6.07, 6.45) is -1.49. The summed E-state index contributed by atoms with van der Waals surface area (Å²) in [5, 5.41) is 9.87. The van der Waals surface area contributed by atoms with Gasteiger partial charge in [0.25, 0.3) is 0 Å². The van der Waals surface area contributed by atoms with Crippen LogP contribution in [0.2, 0.25) is 0 Å². The minimum atomic E-state index is -0.609. The van der Waals surface area contributed by atoms with Crippen LogP contribution in [0, 0.1) is 5.92 Å². The smallest absolute Gasteiger partial charge is 0.183 e. The first-order chi connectivity index (χ1) is 7.44. The first kappa shape index (κ1) is 12.3. The molecule has 2 rings (SSSR count). The van der Waals surface area contributed by atoms with Crippen LogP contribution >= 0.6 is 0 Å². The summed E-state index contributed by atoms with van der Waals surface area (Å²) < 4.78 is 21.9. The molecule has 2 heterocycles. The lowest BCUT2D eigenvalue weighted by Gasteiger charge is -2.23. The van der Waals surface area contributed by atoms with Crippen LogP contribution in [0.15, 0.2) is 0 Å². The Labute approximate surface area is 95.6 Å². The van der Waals surface area contributed by atoms with Crippen molar-refractivity contribution in [2.45, 2.75) is 51.2 Å². The molecule has 2 aliphatic heterocycles. The Kier molecular flexibility index (Phi) is 3.25. The Balaban J connectivity index is 2.01. The molecular formula is C11H20O5. The third kappa shape index (κ3) is 2.10. The summed E-state index contributed by atoms with van der Waals surface area (Å²) in [5.41, 5.74) is 0. The fraction of sp³-hybridized carbons (Fsp3) is 1.00. The highest BCUT2D eigenvalue weighted by molar-refractivity contribution is 4.91. The first-order valence-electron chi connectivity index (χ1n) is 5.63. The molecule has 0 amide bonds. The van der Waals surface area contributed by atoms with Crippen LogP contribution < -0.4 is 0 Å². The zero-order chi connectivity index (χ0) is 11.9. The van der Waals surface area contributed by atoms with Crippen LogP contribution in [0.1, 0.15) is 20.8 Å². The predicted molar refractivity (Wildman–Crippen MR) is 55.7 cm³/mol. The molecule has 0 spiro atoms. The normalized spacial score (nSPS) is 47.4. The lowest BCUT2D eigenvalue weighted by atomic mass is 9.97. The second kappa shape index (κ2) is 4.23. The minimum absolute atomic E-state index is 0.0209.